The molecular weight excluding hydrogens is 359 g/mol. The summed E-state index contributed by atoms with van der Waals surface area (Å²) in [5, 5.41) is 12.5. The number of nitriles is 1. The second-order valence-electron chi connectivity index (χ2n) is 6.25. The van der Waals surface area contributed by atoms with Gasteiger partial charge in [0.25, 0.3) is 0 Å². The van der Waals surface area contributed by atoms with Crippen LogP contribution in [0.4, 0.5) is 4.39 Å². The topological polar surface area (TPSA) is 90.4 Å². The van der Waals surface area contributed by atoms with Gasteiger partial charge in [-0.25, -0.2) is 12.8 Å². The molecule has 0 N–H and O–H groups in total. The second kappa shape index (κ2) is 7.15. The van der Waals surface area contributed by atoms with Gasteiger partial charge in [-0.3, -0.25) is 4.90 Å². The van der Waals surface area contributed by atoms with Gasteiger partial charge < -0.3 is 4.52 Å². The number of hydrogen-bond acceptors (Lipinski definition) is 6. The Labute approximate surface area is 151 Å². The highest BCUT2D eigenvalue weighted by atomic mass is 32.2. The Morgan fingerprint density at radius 2 is 1.96 bits per heavy atom. The molecule has 1 aromatic heterocycles. The quantitative estimate of drug-likeness (QED) is 0.806. The van der Waals surface area contributed by atoms with Crippen LogP contribution in [0, 0.1) is 31.0 Å². The second-order valence-corrected chi connectivity index (χ2v) is 8.13. The van der Waals surface area contributed by atoms with E-state index in [4.69, 9.17) is 9.78 Å². The van der Waals surface area contributed by atoms with Gasteiger partial charge in [0.15, 0.2) is 5.76 Å². The molecule has 0 bridgehead atoms. The van der Waals surface area contributed by atoms with Crippen molar-refractivity contribution in [1.29, 1.82) is 5.26 Å². The molecule has 1 aliphatic heterocycles. The van der Waals surface area contributed by atoms with Gasteiger partial charge in [-0.2, -0.15) is 9.57 Å². The average molecular weight is 378 g/mol. The van der Waals surface area contributed by atoms with Gasteiger partial charge in [0, 0.05) is 38.3 Å². The minimum absolute atomic E-state index is 0.129. The van der Waals surface area contributed by atoms with E-state index in [1.165, 1.54) is 10.4 Å². The van der Waals surface area contributed by atoms with Gasteiger partial charge in [0.2, 0.25) is 10.0 Å². The summed E-state index contributed by atoms with van der Waals surface area (Å²) >= 11 is 0. The number of aromatic nitrogens is 1. The average Bonchev–Trinajstić information content (AvgIpc) is 2.96. The van der Waals surface area contributed by atoms with Crippen LogP contribution in [0.1, 0.15) is 22.6 Å². The fourth-order valence-corrected chi connectivity index (χ4v) is 4.80. The molecule has 9 heteroatoms. The Kier molecular flexibility index (Phi) is 5.09. The van der Waals surface area contributed by atoms with Crippen molar-refractivity contribution < 1.29 is 17.3 Å². The lowest BCUT2D eigenvalue weighted by molar-refractivity contribution is 0.179. The van der Waals surface area contributed by atoms with Crippen LogP contribution in [0.15, 0.2) is 27.6 Å². The van der Waals surface area contributed by atoms with Crippen molar-refractivity contribution in [3.05, 3.63) is 46.6 Å². The summed E-state index contributed by atoms with van der Waals surface area (Å²) in [5.41, 5.74) is 1.12. The van der Waals surface area contributed by atoms with Gasteiger partial charge in [-0.15, -0.1) is 0 Å². The van der Waals surface area contributed by atoms with E-state index in [0.717, 1.165) is 0 Å². The van der Waals surface area contributed by atoms with Crippen molar-refractivity contribution in [2.24, 2.45) is 0 Å². The molecule has 0 atom stereocenters. The first kappa shape index (κ1) is 18.5. The standard InChI is InChI=1S/C17H19FN4O3S/c1-12-17(13(2)25-20-12)26(23,24)22-7-5-21(6-8-22)11-15-4-3-14(10-19)9-16(15)18/h3-4,9H,5-8,11H2,1-2H3. The highest BCUT2D eigenvalue weighted by Crippen LogP contribution is 2.24. The van der Waals surface area contributed by atoms with Crippen LogP contribution in [0.5, 0.6) is 0 Å². The van der Waals surface area contributed by atoms with Crippen molar-refractivity contribution >= 4 is 10.0 Å². The minimum Gasteiger partial charge on any atom is -0.360 e. The van der Waals surface area contributed by atoms with Crippen LogP contribution in [0.3, 0.4) is 0 Å². The van der Waals surface area contributed by atoms with Crippen LogP contribution < -0.4 is 0 Å². The van der Waals surface area contributed by atoms with Crippen LogP contribution in [0.25, 0.3) is 0 Å². The maximum absolute atomic E-state index is 14.0. The van der Waals surface area contributed by atoms with Crippen molar-refractivity contribution in [1.82, 2.24) is 14.4 Å². The maximum atomic E-state index is 14.0. The Morgan fingerprint density at radius 3 is 2.50 bits per heavy atom. The summed E-state index contributed by atoms with van der Waals surface area (Å²) in [6, 6.07) is 6.30. The zero-order valence-electron chi connectivity index (χ0n) is 14.6. The van der Waals surface area contributed by atoms with E-state index in [1.807, 2.05) is 11.0 Å². The van der Waals surface area contributed by atoms with Gasteiger partial charge in [-0.1, -0.05) is 11.2 Å². The molecule has 2 aromatic rings. The van der Waals surface area contributed by atoms with E-state index in [-0.39, 0.29) is 16.2 Å². The molecule has 1 saturated heterocycles. The normalized spacial score (nSPS) is 16.5. The number of piperazine rings is 1. The van der Waals surface area contributed by atoms with Crippen LogP contribution in [-0.2, 0) is 16.6 Å². The van der Waals surface area contributed by atoms with E-state index in [2.05, 4.69) is 5.16 Å². The predicted octanol–water partition coefficient (Wildman–Crippen LogP) is 1.81. The number of benzene rings is 1. The monoisotopic (exact) mass is 378 g/mol. The SMILES string of the molecule is Cc1noc(C)c1S(=O)(=O)N1CCN(Cc2ccc(C#N)cc2F)CC1. The minimum atomic E-state index is -3.65. The Morgan fingerprint density at radius 1 is 1.27 bits per heavy atom. The third kappa shape index (κ3) is 3.49. The highest BCUT2D eigenvalue weighted by molar-refractivity contribution is 7.89. The van der Waals surface area contributed by atoms with Crippen molar-refractivity contribution in [3.8, 4) is 6.07 Å². The number of rotatable bonds is 4. The molecule has 0 radical (unpaired) electrons. The first-order valence-electron chi connectivity index (χ1n) is 8.17. The molecule has 1 fully saturated rings. The Bertz CT molecular complexity index is 937. The first-order chi connectivity index (χ1) is 12.3. The maximum Gasteiger partial charge on any atom is 0.248 e. The van der Waals surface area contributed by atoms with Crippen LogP contribution in [0.2, 0.25) is 0 Å². The van der Waals surface area contributed by atoms with Crippen LogP contribution >= 0.6 is 0 Å². The molecule has 0 spiro atoms. The zero-order chi connectivity index (χ0) is 18.9. The lowest BCUT2D eigenvalue weighted by atomic mass is 10.1. The first-order valence-corrected chi connectivity index (χ1v) is 9.61. The molecule has 26 heavy (non-hydrogen) atoms. The third-order valence-corrected chi connectivity index (χ3v) is 6.62. The lowest BCUT2D eigenvalue weighted by Crippen LogP contribution is -2.48. The summed E-state index contributed by atoms with van der Waals surface area (Å²) in [6.45, 7) is 5.15. The fourth-order valence-electron chi connectivity index (χ4n) is 3.09. The van der Waals surface area contributed by atoms with Gasteiger partial charge >= 0.3 is 0 Å². The molecule has 2 heterocycles. The number of halogens is 1. The summed E-state index contributed by atoms with van der Waals surface area (Å²) in [4.78, 5) is 2.12. The molecule has 1 aromatic carbocycles. The summed E-state index contributed by atoms with van der Waals surface area (Å²) in [6.07, 6.45) is 0. The number of sulfonamides is 1. The lowest BCUT2D eigenvalue weighted by Gasteiger charge is -2.33. The van der Waals surface area contributed by atoms with E-state index in [1.54, 1.807) is 26.0 Å². The van der Waals surface area contributed by atoms with Gasteiger partial charge in [0.05, 0.1) is 11.6 Å². The van der Waals surface area contributed by atoms with E-state index in [0.29, 0.717) is 44.0 Å². The predicted molar refractivity (Wildman–Crippen MR) is 91.1 cm³/mol. The van der Waals surface area contributed by atoms with E-state index in [9.17, 15) is 12.8 Å². The van der Waals surface area contributed by atoms with Crippen molar-refractivity contribution in [3.63, 3.8) is 0 Å². The molecule has 1 aliphatic rings. The summed E-state index contributed by atoms with van der Waals surface area (Å²) < 4.78 is 46.0. The van der Waals surface area contributed by atoms with Gasteiger partial charge in [0.1, 0.15) is 16.4 Å². The molecule has 0 saturated carbocycles. The molecule has 0 unspecified atom stereocenters. The molecule has 3 rings (SSSR count). The molecule has 0 amide bonds. The number of aryl methyl sites for hydroxylation is 2. The molecule has 138 valence electrons. The molecule has 7 nitrogen and oxygen atoms in total. The molecule has 0 aliphatic carbocycles. The van der Waals surface area contributed by atoms with E-state index < -0.39 is 15.8 Å². The highest BCUT2D eigenvalue weighted by Gasteiger charge is 2.33. The summed E-state index contributed by atoms with van der Waals surface area (Å²) in [7, 11) is -3.65. The smallest absolute Gasteiger partial charge is 0.248 e. The molecular formula is C17H19FN4O3S. The number of nitrogens with zero attached hydrogens (tertiary/aromatic N) is 4. The zero-order valence-corrected chi connectivity index (χ0v) is 15.4. The van der Waals surface area contributed by atoms with Crippen molar-refractivity contribution in [2.75, 3.05) is 26.2 Å². The Hall–Kier alpha value is -2.28. The summed E-state index contributed by atoms with van der Waals surface area (Å²) in [5.74, 6) is -0.139. The largest absolute Gasteiger partial charge is 0.360 e. The number of hydrogen-bond donors (Lipinski definition) is 0. The van der Waals surface area contributed by atoms with Crippen LogP contribution in [-0.4, -0.2) is 49.0 Å². The van der Waals surface area contributed by atoms with Gasteiger partial charge in [-0.05, 0) is 26.0 Å². The Balaban J connectivity index is 1.67. The van der Waals surface area contributed by atoms with Crippen molar-refractivity contribution in [2.45, 2.75) is 25.3 Å². The fraction of sp³-hybridized carbons (Fsp3) is 0.412. The van der Waals surface area contributed by atoms with E-state index >= 15 is 0 Å². The third-order valence-electron chi connectivity index (χ3n) is 4.47.